The van der Waals surface area contributed by atoms with Gasteiger partial charge in [0.2, 0.25) is 0 Å². The smallest absolute Gasteiger partial charge is 0.122 e. The predicted octanol–water partition coefficient (Wildman–Crippen LogP) is 2.86. The van der Waals surface area contributed by atoms with E-state index in [1.165, 1.54) is 38.8 Å². The SMILES string of the molecule is CCCC1CCN(CCOc2ccc(C(=N)N)cc2)CC1. The number of benzene rings is 1. The third-order valence-electron chi connectivity index (χ3n) is 4.25. The molecule has 1 aliphatic heterocycles. The van der Waals surface area contributed by atoms with Crippen LogP contribution in [-0.4, -0.2) is 37.0 Å². The zero-order valence-electron chi connectivity index (χ0n) is 13.0. The molecular formula is C17H27N3O. The van der Waals surface area contributed by atoms with Gasteiger partial charge in [0.1, 0.15) is 18.2 Å². The number of ether oxygens (including phenoxy) is 1. The highest BCUT2D eigenvalue weighted by Gasteiger charge is 2.17. The molecule has 0 spiro atoms. The zero-order chi connectivity index (χ0) is 15.1. The number of nitrogens with zero attached hydrogens (tertiary/aromatic N) is 1. The molecule has 1 heterocycles. The standard InChI is InChI=1S/C17H27N3O/c1-2-3-14-8-10-20(11-9-14)12-13-21-16-6-4-15(5-7-16)17(18)19/h4-7,14H,2-3,8-13H2,1H3,(H3,18,19). The summed E-state index contributed by atoms with van der Waals surface area (Å²) in [5, 5.41) is 7.35. The largest absolute Gasteiger partial charge is 0.492 e. The lowest BCUT2D eigenvalue weighted by atomic mass is 9.92. The molecule has 1 aromatic carbocycles. The van der Waals surface area contributed by atoms with Crippen molar-refractivity contribution in [2.45, 2.75) is 32.6 Å². The lowest BCUT2D eigenvalue weighted by molar-refractivity contribution is 0.151. The van der Waals surface area contributed by atoms with E-state index in [4.69, 9.17) is 15.9 Å². The van der Waals surface area contributed by atoms with E-state index in [9.17, 15) is 0 Å². The van der Waals surface area contributed by atoms with Crippen LogP contribution >= 0.6 is 0 Å². The van der Waals surface area contributed by atoms with Gasteiger partial charge in [0.05, 0.1) is 0 Å². The molecule has 21 heavy (non-hydrogen) atoms. The van der Waals surface area contributed by atoms with Crippen LogP contribution in [0, 0.1) is 11.3 Å². The number of nitrogens with two attached hydrogens (primary N) is 1. The Labute approximate surface area is 127 Å². The molecule has 0 bridgehead atoms. The maximum Gasteiger partial charge on any atom is 0.122 e. The summed E-state index contributed by atoms with van der Waals surface area (Å²) in [5.74, 6) is 1.88. The van der Waals surface area contributed by atoms with Gasteiger partial charge in [-0.3, -0.25) is 10.3 Å². The van der Waals surface area contributed by atoms with Gasteiger partial charge in [-0.1, -0.05) is 19.8 Å². The van der Waals surface area contributed by atoms with E-state index in [2.05, 4.69) is 11.8 Å². The number of nitrogen functional groups attached to an aromatic ring is 1. The van der Waals surface area contributed by atoms with Gasteiger partial charge in [0, 0.05) is 12.1 Å². The fraction of sp³-hybridized carbons (Fsp3) is 0.588. The Kier molecular flexibility index (Phi) is 6.05. The highest BCUT2D eigenvalue weighted by atomic mass is 16.5. The zero-order valence-corrected chi connectivity index (χ0v) is 13.0. The van der Waals surface area contributed by atoms with Crippen LogP contribution in [0.4, 0.5) is 0 Å². The van der Waals surface area contributed by atoms with Crippen molar-refractivity contribution in [3.8, 4) is 5.75 Å². The molecule has 0 atom stereocenters. The van der Waals surface area contributed by atoms with Crippen LogP contribution in [0.5, 0.6) is 5.75 Å². The summed E-state index contributed by atoms with van der Waals surface area (Å²) in [6, 6.07) is 7.41. The Morgan fingerprint density at radius 3 is 2.52 bits per heavy atom. The molecule has 4 nitrogen and oxygen atoms in total. The van der Waals surface area contributed by atoms with Crippen molar-refractivity contribution >= 4 is 5.84 Å². The first-order valence-electron chi connectivity index (χ1n) is 7.98. The van der Waals surface area contributed by atoms with Crippen LogP contribution in [0.15, 0.2) is 24.3 Å². The Balaban J connectivity index is 1.67. The molecule has 0 unspecified atom stereocenters. The van der Waals surface area contributed by atoms with Gasteiger partial charge in [0.25, 0.3) is 0 Å². The molecule has 0 aromatic heterocycles. The van der Waals surface area contributed by atoms with Gasteiger partial charge >= 0.3 is 0 Å². The van der Waals surface area contributed by atoms with Gasteiger partial charge in [-0.2, -0.15) is 0 Å². The number of hydrogen-bond acceptors (Lipinski definition) is 3. The number of nitrogens with one attached hydrogen (secondary N) is 1. The minimum atomic E-state index is 0.0940. The molecule has 1 fully saturated rings. The topological polar surface area (TPSA) is 62.3 Å². The second-order valence-electron chi connectivity index (χ2n) is 5.86. The molecule has 4 heteroatoms. The second-order valence-corrected chi connectivity index (χ2v) is 5.86. The van der Waals surface area contributed by atoms with Crippen molar-refractivity contribution < 1.29 is 4.74 Å². The quantitative estimate of drug-likeness (QED) is 0.599. The lowest BCUT2D eigenvalue weighted by Crippen LogP contribution is -2.36. The summed E-state index contributed by atoms with van der Waals surface area (Å²) in [7, 11) is 0. The van der Waals surface area contributed by atoms with Gasteiger partial charge in [-0.25, -0.2) is 0 Å². The number of piperidine rings is 1. The van der Waals surface area contributed by atoms with E-state index in [0.717, 1.165) is 30.4 Å². The molecule has 0 amide bonds. The minimum Gasteiger partial charge on any atom is -0.492 e. The van der Waals surface area contributed by atoms with Crippen molar-refractivity contribution in [2.75, 3.05) is 26.2 Å². The van der Waals surface area contributed by atoms with E-state index in [1.807, 2.05) is 24.3 Å². The van der Waals surface area contributed by atoms with Crippen molar-refractivity contribution in [1.82, 2.24) is 4.90 Å². The first-order chi connectivity index (χ1) is 10.2. The highest BCUT2D eigenvalue weighted by molar-refractivity contribution is 5.94. The third kappa shape index (κ3) is 5.05. The van der Waals surface area contributed by atoms with E-state index in [1.54, 1.807) is 0 Å². The summed E-state index contributed by atoms with van der Waals surface area (Å²) >= 11 is 0. The maximum absolute atomic E-state index is 7.35. The molecule has 0 saturated carbocycles. The molecule has 2 rings (SSSR count). The van der Waals surface area contributed by atoms with Crippen molar-refractivity contribution in [3.05, 3.63) is 29.8 Å². The molecule has 1 aliphatic rings. The monoisotopic (exact) mass is 289 g/mol. The average molecular weight is 289 g/mol. The van der Waals surface area contributed by atoms with Gasteiger partial charge < -0.3 is 10.5 Å². The summed E-state index contributed by atoms with van der Waals surface area (Å²) in [4.78, 5) is 2.50. The fourth-order valence-electron chi connectivity index (χ4n) is 2.93. The molecule has 116 valence electrons. The van der Waals surface area contributed by atoms with Crippen LogP contribution in [0.1, 0.15) is 38.2 Å². The molecule has 1 saturated heterocycles. The fourth-order valence-corrected chi connectivity index (χ4v) is 2.93. The lowest BCUT2D eigenvalue weighted by Gasteiger charge is -2.31. The molecule has 3 N–H and O–H groups in total. The molecule has 1 aromatic rings. The van der Waals surface area contributed by atoms with Gasteiger partial charge in [0.15, 0.2) is 0 Å². The van der Waals surface area contributed by atoms with Crippen molar-refractivity contribution in [3.63, 3.8) is 0 Å². The Morgan fingerprint density at radius 2 is 1.95 bits per heavy atom. The Morgan fingerprint density at radius 1 is 1.29 bits per heavy atom. The molecular weight excluding hydrogens is 262 g/mol. The van der Waals surface area contributed by atoms with Crippen LogP contribution in [0.2, 0.25) is 0 Å². The van der Waals surface area contributed by atoms with Gasteiger partial charge in [-0.15, -0.1) is 0 Å². The second kappa shape index (κ2) is 8.03. The first kappa shape index (κ1) is 15.8. The number of likely N-dealkylation sites (tertiary alicyclic amines) is 1. The molecule has 0 radical (unpaired) electrons. The van der Waals surface area contributed by atoms with Crippen molar-refractivity contribution in [2.24, 2.45) is 11.7 Å². The normalized spacial score (nSPS) is 16.8. The summed E-state index contributed by atoms with van der Waals surface area (Å²) in [5.41, 5.74) is 6.17. The maximum atomic E-state index is 7.35. The van der Waals surface area contributed by atoms with E-state index < -0.39 is 0 Å². The third-order valence-corrected chi connectivity index (χ3v) is 4.25. The summed E-state index contributed by atoms with van der Waals surface area (Å²) in [6.07, 6.45) is 5.36. The average Bonchev–Trinajstić information content (AvgIpc) is 2.50. The number of hydrogen-bond donors (Lipinski definition) is 2. The van der Waals surface area contributed by atoms with Crippen molar-refractivity contribution in [1.29, 1.82) is 5.41 Å². The summed E-state index contributed by atoms with van der Waals surface area (Å²) in [6.45, 7) is 6.40. The Bertz CT molecular complexity index is 436. The number of amidine groups is 1. The van der Waals surface area contributed by atoms with E-state index in [0.29, 0.717) is 0 Å². The van der Waals surface area contributed by atoms with E-state index >= 15 is 0 Å². The van der Waals surface area contributed by atoms with Crippen LogP contribution < -0.4 is 10.5 Å². The van der Waals surface area contributed by atoms with Crippen LogP contribution in [0.3, 0.4) is 0 Å². The van der Waals surface area contributed by atoms with E-state index in [-0.39, 0.29) is 5.84 Å². The first-order valence-corrected chi connectivity index (χ1v) is 7.98. The van der Waals surface area contributed by atoms with Crippen LogP contribution in [0.25, 0.3) is 0 Å². The summed E-state index contributed by atoms with van der Waals surface area (Å²) < 4.78 is 5.76. The Hall–Kier alpha value is -1.55. The molecule has 0 aliphatic carbocycles. The van der Waals surface area contributed by atoms with Crippen LogP contribution in [-0.2, 0) is 0 Å². The number of rotatable bonds is 7. The highest BCUT2D eigenvalue weighted by Crippen LogP contribution is 2.21. The predicted molar refractivity (Wildman–Crippen MR) is 87.0 cm³/mol. The minimum absolute atomic E-state index is 0.0940. The van der Waals surface area contributed by atoms with Gasteiger partial charge in [-0.05, 0) is 56.1 Å².